The molecule has 0 spiro atoms. The van der Waals surface area contributed by atoms with Crippen LogP contribution in [0.3, 0.4) is 0 Å². The number of aryl methyl sites for hydroxylation is 2. The second-order valence-electron chi connectivity index (χ2n) is 5.49. The van der Waals surface area contributed by atoms with Gasteiger partial charge in [0.25, 0.3) is 5.91 Å². The van der Waals surface area contributed by atoms with Gasteiger partial charge in [-0.05, 0) is 44.0 Å². The summed E-state index contributed by atoms with van der Waals surface area (Å²) in [6.45, 7) is 5.25. The number of amides is 1. The summed E-state index contributed by atoms with van der Waals surface area (Å²) in [6.07, 6.45) is 2.01. The van der Waals surface area contributed by atoms with E-state index < -0.39 is 11.9 Å². The molecule has 0 aliphatic rings. The molecule has 0 atom stereocenters. The first-order valence-corrected chi connectivity index (χ1v) is 7.93. The van der Waals surface area contributed by atoms with Crippen molar-refractivity contribution in [1.29, 1.82) is 0 Å². The standard InChI is InChI=1S/C19H20N2O4/c1-4-25-17(23)11-21(16-8-6-5-7-13(16)2)19(24)18-14(3)9-10-20-15(18)12-22/h5-10,12H,4,11H2,1-3H3. The number of aromatic nitrogens is 1. The third-order valence-electron chi connectivity index (χ3n) is 3.76. The highest BCUT2D eigenvalue weighted by molar-refractivity contribution is 6.12. The Morgan fingerprint density at radius 2 is 1.88 bits per heavy atom. The van der Waals surface area contributed by atoms with Crippen molar-refractivity contribution in [2.75, 3.05) is 18.1 Å². The first-order valence-electron chi connectivity index (χ1n) is 7.93. The van der Waals surface area contributed by atoms with E-state index in [1.807, 2.05) is 19.1 Å². The quantitative estimate of drug-likeness (QED) is 0.597. The van der Waals surface area contributed by atoms with Crippen molar-refractivity contribution in [2.24, 2.45) is 0 Å². The summed E-state index contributed by atoms with van der Waals surface area (Å²) in [5.41, 5.74) is 2.26. The van der Waals surface area contributed by atoms with Gasteiger partial charge in [0.05, 0.1) is 12.2 Å². The molecule has 0 aliphatic carbocycles. The van der Waals surface area contributed by atoms with E-state index in [0.29, 0.717) is 17.5 Å². The normalized spacial score (nSPS) is 10.2. The lowest BCUT2D eigenvalue weighted by molar-refractivity contribution is -0.141. The average Bonchev–Trinajstić information content (AvgIpc) is 2.60. The Hall–Kier alpha value is -3.02. The van der Waals surface area contributed by atoms with Crippen molar-refractivity contribution in [1.82, 2.24) is 4.98 Å². The molecule has 130 valence electrons. The van der Waals surface area contributed by atoms with E-state index in [1.54, 1.807) is 32.0 Å². The summed E-state index contributed by atoms with van der Waals surface area (Å²) in [6, 6.07) is 8.87. The van der Waals surface area contributed by atoms with Crippen molar-refractivity contribution >= 4 is 23.9 Å². The maximum Gasteiger partial charge on any atom is 0.326 e. The molecule has 25 heavy (non-hydrogen) atoms. The van der Waals surface area contributed by atoms with Gasteiger partial charge >= 0.3 is 5.97 Å². The molecule has 0 N–H and O–H groups in total. The highest BCUT2D eigenvalue weighted by Crippen LogP contribution is 2.23. The number of ether oxygens (including phenoxy) is 1. The molecule has 1 amide bonds. The molecule has 2 rings (SSSR count). The lowest BCUT2D eigenvalue weighted by atomic mass is 10.1. The number of hydrogen-bond acceptors (Lipinski definition) is 5. The van der Waals surface area contributed by atoms with E-state index in [4.69, 9.17) is 4.74 Å². The molecule has 0 bridgehead atoms. The van der Waals surface area contributed by atoms with Crippen LogP contribution in [0.4, 0.5) is 5.69 Å². The van der Waals surface area contributed by atoms with Crippen LogP contribution in [0.1, 0.15) is 38.9 Å². The lowest BCUT2D eigenvalue weighted by Crippen LogP contribution is -2.38. The number of anilines is 1. The number of carbonyl (C=O) groups is 3. The van der Waals surface area contributed by atoms with Crippen molar-refractivity contribution in [2.45, 2.75) is 20.8 Å². The van der Waals surface area contributed by atoms with E-state index in [0.717, 1.165) is 5.56 Å². The minimum absolute atomic E-state index is 0.0486. The molecular formula is C19H20N2O4. The van der Waals surface area contributed by atoms with Gasteiger partial charge in [-0.15, -0.1) is 0 Å². The zero-order valence-corrected chi connectivity index (χ0v) is 14.5. The number of hydrogen-bond donors (Lipinski definition) is 0. The highest BCUT2D eigenvalue weighted by atomic mass is 16.5. The summed E-state index contributed by atoms with van der Waals surface area (Å²) >= 11 is 0. The van der Waals surface area contributed by atoms with Crippen molar-refractivity contribution in [3.8, 4) is 0 Å². The Kier molecular flexibility index (Phi) is 6.00. The van der Waals surface area contributed by atoms with Gasteiger partial charge < -0.3 is 4.74 Å². The summed E-state index contributed by atoms with van der Waals surface area (Å²) < 4.78 is 4.99. The Balaban J connectivity index is 2.52. The van der Waals surface area contributed by atoms with Crippen LogP contribution in [0.25, 0.3) is 0 Å². The van der Waals surface area contributed by atoms with E-state index >= 15 is 0 Å². The zero-order valence-electron chi connectivity index (χ0n) is 14.5. The van der Waals surface area contributed by atoms with Crippen LogP contribution in [-0.2, 0) is 9.53 Å². The SMILES string of the molecule is CCOC(=O)CN(C(=O)c1c(C)ccnc1C=O)c1ccccc1C. The van der Waals surface area contributed by atoms with Crippen LogP contribution in [0.5, 0.6) is 0 Å². The number of rotatable bonds is 6. The van der Waals surface area contributed by atoms with Crippen LogP contribution in [0.2, 0.25) is 0 Å². The predicted octanol–water partition coefficient (Wildman–Crippen LogP) is 2.72. The fourth-order valence-electron chi connectivity index (χ4n) is 2.55. The second kappa shape index (κ2) is 8.19. The Labute approximate surface area is 146 Å². The summed E-state index contributed by atoms with van der Waals surface area (Å²) in [7, 11) is 0. The highest BCUT2D eigenvalue weighted by Gasteiger charge is 2.26. The van der Waals surface area contributed by atoms with Gasteiger partial charge in [0.15, 0.2) is 6.29 Å². The first kappa shape index (κ1) is 18.3. The van der Waals surface area contributed by atoms with Gasteiger partial charge in [0.1, 0.15) is 12.2 Å². The van der Waals surface area contributed by atoms with E-state index in [9.17, 15) is 14.4 Å². The number of benzene rings is 1. The summed E-state index contributed by atoms with van der Waals surface area (Å²) in [5, 5.41) is 0. The number of esters is 1. The molecular weight excluding hydrogens is 320 g/mol. The molecule has 0 radical (unpaired) electrons. The summed E-state index contributed by atoms with van der Waals surface area (Å²) in [5.74, 6) is -0.983. The van der Waals surface area contributed by atoms with Crippen molar-refractivity contribution in [3.63, 3.8) is 0 Å². The van der Waals surface area contributed by atoms with Crippen LogP contribution in [0, 0.1) is 13.8 Å². The van der Waals surface area contributed by atoms with Gasteiger partial charge in [0, 0.05) is 11.9 Å². The third kappa shape index (κ3) is 4.09. The van der Waals surface area contributed by atoms with Crippen LogP contribution in [-0.4, -0.2) is 36.3 Å². The summed E-state index contributed by atoms with van der Waals surface area (Å²) in [4.78, 5) is 41.8. The largest absolute Gasteiger partial charge is 0.465 e. The van der Waals surface area contributed by atoms with E-state index in [2.05, 4.69) is 4.98 Å². The monoisotopic (exact) mass is 340 g/mol. The molecule has 6 nitrogen and oxygen atoms in total. The van der Waals surface area contributed by atoms with Gasteiger partial charge in [0.2, 0.25) is 0 Å². The maximum absolute atomic E-state index is 13.2. The minimum atomic E-state index is -0.520. The number of aldehydes is 1. The molecule has 2 aromatic rings. The fourth-order valence-corrected chi connectivity index (χ4v) is 2.55. The van der Waals surface area contributed by atoms with Crippen LogP contribution < -0.4 is 4.90 Å². The number of pyridine rings is 1. The van der Waals surface area contributed by atoms with Gasteiger partial charge in [-0.2, -0.15) is 0 Å². The smallest absolute Gasteiger partial charge is 0.326 e. The van der Waals surface area contributed by atoms with E-state index in [1.165, 1.54) is 11.1 Å². The third-order valence-corrected chi connectivity index (χ3v) is 3.76. The topological polar surface area (TPSA) is 76.6 Å². The molecule has 0 saturated heterocycles. The van der Waals surface area contributed by atoms with Gasteiger partial charge in [-0.3, -0.25) is 24.3 Å². The number of para-hydroxylation sites is 1. The lowest BCUT2D eigenvalue weighted by Gasteiger charge is -2.24. The second-order valence-corrected chi connectivity index (χ2v) is 5.49. The molecule has 1 aromatic heterocycles. The first-order chi connectivity index (χ1) is 12.0. The molecule has 1 aromatic carbocycles. The van der Waals surface area contributed by atoms with Gasteiger partial charge in [-0.1, -0.05) is 18.2 Å². The fraction of sp³-hybridized carbons (Fsp3) is 0.263. The predicted molar refractivity (Wildman–Crippen MR) is 93.9 cm³/mol. The Morgan fingerprint density at radius 3 is 2.52 bits per heavy atom. The molecule has 0 saturated carbocycles. The van der Waals surface area contributed by atoms with Crippen LogP contribution >= 0.6 is 0 Å². The molecule has 0 fully saturated rings. The Bertz CT molecular complexity index is 802. The van der Waals surface area contributed by atoms with Crippen molar-refractivity contribution in [3.05, 3.63) is 58.9 Å². The molecule has 0 unspecified atom stereocenters. The Morgan fingerprint density at radius 1 is 1.16 bits per heavy atom. The molecule has 6 heteroatoms. The number of nitrogens with zero attached hydrogens (tertiary/aromatic N) is 2. The van der Waals surface area contributed by atoms with Gasteiger partial charge in [-0.25, -0.2) is 0 Å². The maximum atomic E-state index is 13.2. The van der Waals surface area contributed by atoms with Crippen molar-refractivity contribution < 1.29 is 19.1 Å². The minimum Gasteiger partial charge on any atom is -0.465 e. The molecule has 1 heterocycles. The number of carbonyl (C=O) groups excluding carboxylic acids is 3. The van der Waals surface area contributed by atoms with Crippen LogP contribution in [0.15, 0.2) is 36.5 Å². The molecule has 0 aliphatic heterocycles. The zero-order chi connectivity index (χ0) is 18.4. The van der Waals surface area contributed by atoms with E-state index in [-0.39, 0.29) is 24.4 Å². The average molecular weight is 340 g/mol.